The van der Waals surface area contributed by atoms with Gasteiger partial charge in [0, 0.05) is 38.7 Å². The third kappa shape index (κ3) is 4.83. The number of furan rings is 1. The van der Waals surface area contributed by atoms with Gasteiger partial charge in [0.1, 0.15) is 11.2 Å². The molecule has 0 bridgehead atoms. The molecule has 0 saturated heterocycles. The van der Waals surface area contributed by atoms with Gasteiger partial charge in [-0.25, -0.2) is 0 Å². The minimum absolute atomic E-state index is 0.107. The topological polar surface area (TPSA) is 16.4 Å². The summed E-state index contributed by atoms with van der Waals surface area (Å²) in [5.74, 6) is 0. The smallest absolute Gasteiger partial charge is 0.143 e. The maximum absolute atomic E-state index is 9.47. The first-order chi connectivity index (χ1) is 27.2. The molecule has 0 amide bonds. The molecule has 48 heavy (non-hydrogen) atoms. The highest BCUT2D eigenvalue weighted by Crippen LogP contribution is 2.45. The van der Waals surface area contributed by atoms with Gasteiger partial charge in [0.05, 0.1) is 16.7 Å². The molecule has 0 radical (unpaired) electrons. The van der Waals surface area contributed by atoms with Crippen molar-refractivity contribution in [2.75, 3.05) is 4.90 Å². The molecule has 0 aliphatic heterocycles. The van der Waals surface area contributed by atoms with Crippen LogP contribution in [0, 0.1) is 0 Å². The van der Waals surface area contributed by atoms with E-state index in [1.54, 1.807) is 72.8 Å². The number of hydrogen-bond acceptors (Lipinski definition) is 2. The van der Waals surface area contributed by atoms with Crippen LogP contribution in [0.5, 0.6) is 0 Å². The highest BCUT2D eigenvalue weighted by atomic mass is 16.3. The summed E-state index contributed by atoms with van der Waals surface area (Å²) < 4.78 is 81.5. The average molecular weight is 622 g/mol. The monoisotopic (exact) mass is 621 g/mol. The van der Waals surface area contributed by atoms with Crippen LogP contribution in [0.15, 0.2) is 192 Å². The Morgan fingerprint density at radius 2 is 0.896 bits per heavy atom. The van der Waals surface area contributed by atoms with Gasteiger partial charge in [-0.05, 0) is 63.9 Å². The van der Waals surface area contributed by atoms with E-state index < -0.39 is 24.2 Å². The molecule has 2 nitrogen and oxygen atoms in total. The zero-order valence-corrected chi connectivity index (χ0v) is 25.6. The number of rotatable bonds is 6. The summed E-state index contributed by atoms with van der Waals surface area (Å²) in [6.45, 7) is 0. The maximum Gasteiger partial charge on any atom is 0.143 e. The molecule has 1 heterocycles. The van der Waals surface area contributed by atoms with Crippen molar-refractivity contribution in [3.63, 3.8) is 0 Å². The third-order valence-corrected chi connectivity index (χ3v) is 8.62. The van der Waals surface area contributed by atoms with Crippen LogP contribution in [0.3, 0.4) is 0 Å². The second-order valence-corrected chi connectivity index (χ2v) is 11.5. The minimum Gasteiger partial charge on any atom is -0.455 e. The van der Waals surface area contributed by atoms with Crippen LogP contribution in [-0.4, -0.2) is 0 Å². The van der Waals surface area contributed by atoms with E-state index in [1.165, 1.54) is 4.90 Å². The molecule has 0 spiro atoms. The van der Waals surface area contributed by atoms with Crippen LogP contribution < -0.4 is 4.90 Å². The molecule has 2 heteroatoms. The number of anilines is 3. The Morgan fingerprint density at radius 1 is 0.375 bits per heavy atom. The van der Waals surface area contributed by atoms with Crippen molar-refractivity contribution in [1.29, 1.82) is 0 Å². The minimum atomic E-state index is -0.405. The normalized spacial score (nSPS) is 13.7. The van der Waals surface area contributed by atoms with E-state index in [9.17, 15) is 11.0 Å². The van der Waals surface area contributed by atoms with E-state index in [0.717, 1.165) is 21.5 Å². The molecule has 1 aromatic heterocycles. The van der Waals surface area contributed by atoms with E-state index in [4.69, 9.17) is 4.42 Å². The Labute approximate surface area is 291 Å². The van der Waals surface area contributed by atoms with Crippen LogP contribution >= 0.6 is 0 Å². The first-order valence-electron chi connectivity index (χ1n) is 19.7. The summed E-state index contributed by atoms with van der Waals surface area (Å²) in [5.41, 5.74) is 3.58. The van der Waals surface area contributed by atoms with Crippen molar-refractivity contribution in [2.24, 2.45) is 0 Å². The summed E-state index contributed by atoms with van der Waals surface area (Å²) in [4.78, 5) is 1.36. The van der Waals surface area contributed by atoms with Crippen LogP contribution in [-0.2, 0) is 0 Å². The Bertz CT molecular complexity index is 2850. The van der Waals surface area contributed by atoms with Crippen molar-refractivity contribution in [2.45, 2.75) is 0 Å². The molecule has 0 fully saturated rings. The van der Waals surface area contributed by atoms with Crippen LogP contribution in [0.1, 0.15) is 11.0 Å². The Balaban J connectivity index is 1.37. The quantitative estimate of drug-likeness (QED) is 0.184. The molecule has 8 aromatic carbocycles. The average Bonchev–Trinajstić information content (AvgIpc) is 3.62. The highest BCUT2D eigenvalue weighted by Gasteiger charge is 2.21. The van der Waals surface area contributed by atoms with E-state index in [2.05, 4.69) is 6.07 Å². The number of nitrogens with zero attached hydrogens (tertiary/aromatic N) is 1. The molecule has 0 aliphatic rings. The molecular formula is C46H31NO. The predicted molar refractivity (Wildman–Crippen MR) is 202 cm³/mol. The van der Waals surface area contributed by atoms with Gasteiger partial charge in [0.2, 0.25) is 0 Å². The van der Waals surface area contributed by atoms with Gasteiger partial charge in [-0.1, -0.05) is 152 Å². The van der Waals surface area contributed by atoms with E-state index in [0.29, 0.717) is 39.1 Å². The zero-order chi connectivity index (χ0) is 38.8. The first kappa shape index (κ1) is 20.7. The lowest BCUT2D eigenvalue weighted by molar-refractivity contribution is 0.674. The van der Waals surface area contributed by atoms with Crippen molar-refractivity contribution in [3.8, 4) is 33.4 Å². The third-order valence-electron chi connectivity index (χ3n) is 8.62. The van der Waals surface area contributed by atoms with Gasteiger partial charge in [-0.2, -0.15) is 0 Å². The van der Waals surface area contributed by atoms with Gasteiger partial charge in [-0.3, -0.25) is 0 Å². The SMILES string of the molecule is [2H]c1c([2H])c(N(c2ccccc2-c2cccc3c2oc2c4ccccc4ccc32)c2c([2H])c([2H])c(-c3ccccc3)c([2H])c2[2H])c([2H])c([2H])c1-c1ccccc1. The van der Waals surface area contributed by atoms with E-state index in [1.807, 2.05) is 60.7 Å². The summed E-state index contributed by atoms with van der Waals surface area (Å²) in [6.07, 6.45) is 0. The maximum atomic E-state index is 9.47. The summed E-state index contributed by atoms with van der Waals surface area (Å²) in [6, 6.07) is 39.7. The Kier molecular flexibility index (Phi) is 5.07. The summed E-state index contributed by atoms with van der Waals surface area (Å²) in [7, 11) is 0. The molecule has 0 saturated carbocycles. The zero-order valence-electron chi connectivity index (χ0n) is 33.6. The lowest BCUT2D eigenvalue weighted by Crippen LogP contribution is -2.11. The van der Waals surface area contributed by atoms with Gasteiger partial charge < -0.3 is 9.32 Å². The second kappa shape index (κ2) is 11.8. The number of hydrogen-bond donors (Lipinski definition) is 0. The molecule has 0 atom stereocenters. The van der Waals surface area contributed by atoms with E-state index in [-0.39, 0.29) is 46.7 Å². The second-order valence-electron chi connectivity index (χ2n) is 11.5. The number of benzene rings is 8. The molecule has 0 N–H and O–H groups in total. The summed E-state index contributed by atoms with van der Waals surface area (Å²) in [5, 5.41) is 3.75. The lowest BCUT2D eigenvalue weighted by Gasteiger charge is -2.28. The molecule has 9 rings (SSSR count). The fourth-order valence-electron chi connectivity index (χ4n) is 6.32. The fourth-order valence-corrected chi connectivity index (χ4v) is 6.32. The molecule has 0 unspecified atom stereocenters. The molecule has 226 valence electrons. The number of fused-ring (bicyclic) bond motifs is 5. The van der Waals surface area contributed by atoms with Crippen LogP contribution in [0.25, 0.3) is 66.1 Å². The van der Waals surface area contributed by atoms with E-state index >= 15 is 0 Å². The van der Waals surface area contributed by atoms with Crippen molar-refractivity contribution in [1.82, 2.24) is 0 Å². The Hall–Kier alpha value is -6.38. The largest absolute Gasteiger partial charge is 0.455 e. The number of para-hydroxylation sites is 2. The molecule has 9 aromatic rings. The van der Waals surface area contributed by atoms with Gasteiger partial charge in [-0.15, -0.1) is 0 Å². The Morgan fingerprint density at radius 3 is 1.56 bits per heavy atom. The van der Waals surface area contributed by atoms with Crippen molar-refractivity contribution in [3.05, 3.63) is 188 Å². The standard InChI is InChI=1S/C46H31NO/c1-3-12-32(13-4-1)34-22-27-37(28-23-34)47(38-29-24-35(25-30-38)33-14-5-2-6-15-33)44-21-10-9-18-40(44)41-19-11-20-42-43-31-26-36-16-7-8-17-39(36)45(43)48-46(41)42/h1-31H/i22D,23D,24D,25D,27D,28D,29D,30D. The van der Waals surface area contributed by atoms with Crippen molar-refractivity contribution >= 4 is 49.8 Å². The first-order valence-corrected chi connectivity index (χ1v) is 15.7. The predicted octanol–water partition coefficient (Wildman–Crippen LogP) is 13.2. The van der Waals surface area contributed by atoms with Gasteiger partial charge in [0.25, 0.3) is 0 Å². The van der Waals surface area contributed by atoms with Crippen LogP contribution in [0.4, 0.5) is 17.1 Å². The van der Waals surface area contributed by atoms with Gasteiger partial charge in [0.15, 0.2) is 0 Å². The van der Waals surface area contributed by atoms with Crippen LogP contribution in [0.2, 0.25) is 0 Å². The molecular weight excluding hydrogens is 583 g/mol. The fraction of sp³-hybridized carbons (Fsp3) is 0. The van der Waals surface area contributed by atoms with Gasteiger partial charge >= 0.3 is 0 Å². The molecule has 0 aliphatic carbocycles. The van der Waals surface area contributed by atoms with Crippen molar-refractivity contribution < 1.29 is 15.4 Å². The lowest BCUT2D eigenvalue weighted by atomic mass is 9.98. The summed E-state index contributed by atoms with van der Waals surface area (Å²) >= 11 is 0. The highest BCUT2D eigenvalue weighted by molar-refractivity contribution is 6.17.